The van der Waals surface area contributed by atoms with Gasteiger partial charge in [0.1, 0.15) is 0 Å². The largest absolute Gasteiger partial charge is 0.395 e. The van der Waals surface area contributed by atoms with E-state index in [1.165, 1.54) is 0 Å². The summed E-state index contributed by atoms with van der Waals surface area (Å²) in [5.41, 5.74) is 6.24. The minimum absolute atomic E-state index is 0.419. The van der Waals surface area contributed by atoms with Crippen LogP contribution in [0.25, 0.3) is 0 Å². The smallest absolute Gasteiger partial charge is 0.173 e. The third kappa shape index (κ3) is 2.41. The Labute approximate surface area is 98.9 Å². The first kappa shape index (κ1) is 11.1. The van der Waals surface area contributed by atoms with Crippen molar-refractivity contribution in [3.63, 3.8) is 0 Å². The molecule has 0 radical (unpaired) electrons. The van der Waals surface area contributed by atoms with Gasteiger partial charge in [0, 0.05) is 19.3 Å². The van der Waals surface area contributed by atoms with Crippen LogP contribution in [-0.2, 0) is 0 Å². The molecule has 0 aliphatic carbocycles. The molecule has 0 spiro atoms. The third-order valence-electron chi connectivity index (χ3n) is 2.77. The van der Waals surface area contributed by atoms with Crippen molar-refractivity contribution in [1.82, 2.24) is 14.1 Å². The number of piperidine rings is 1. The van der Waals surface area contributed by atoms with Gasteiger partial charge in [-0.1, -0.05) is 23.5 Å². The molecule has 1 fully saturated rings. The topological polar surface area (TPSA) is 47.1 Å². The Hall–Kier alpha value is -0.390. The Morgan fingerprint density at radius 2 is 2.20 bits per heavy atom. The van der Waals surface area contributed by atoms with Crippen LogP contribution >= 0.6 is 23.5 Å². The molecule has 0 aromatic carbocycles. The number of hydrogen-bond donors (Lipinski definition) is 1. The lowest BCUT2D eigenvalue weighted by molar-refractivity contribution is 0.276. The van der Waals surface area contributed by atoms with Crippen LogP contribution in [0.4, 0.5) is 5.69 Å². The molecule has 1 aromatic heterocycles. The van der Waals surface area contributed by atoms with E-state index in [2.05, 4.69) is 15.7 Å². The number of nitrogens with zero attached hydrogens (tertiary/aromatic N) is 3. The van der Waals surface area contributed by atoms with Crippen LogP contribution in [0.1, 0.15) is 18.9 Å². The Morgan fingerprint density at radius 3 is 2.67 bits per heavy atom. The van der Waals surface area contributed by atoms with Crippen LogP contribution in [-0.4, -0.2) is 33.4 Å². The van der Waals surface area contributed by atoms with Gasteiger partial charge in [0.15, 0.2) is 5.15 Å². The van der Waals surface area contributed by atoms with E-state index in [0.29, 0.717) is 16.9 Å². The zero-order valence-corrected chi connectivity index (χ0v) is 10.3. The molecule has 4 nitrogen and oxygen atoms in total. The van der Waals surface area contributed by atoms with Crippen molar-refractivity contribution < 1.29 is 0 Å². The lowest BCUT2D eigenvalue weighted by atomic mass is 10.1. The number of rotatable bonds is 2. The maximum absolute atomic E-state index is 5.83. The quantitative estimate of drug-likeness (QED) is 0.812. The van der Waals surface area contributed by atoms with Crippen LogP contribution < -0.4 is 5.73 Å². The fourth-order valence-corrected chi connectivity index (χ4v) is 2.57. The van der Waals surface area contributed by atoms with Gasteiger partial charge in [0.05, 0.1) is 11.7 Å². The number of nitrogen functional groups attached to an aromatic ring is 1. The normalized spacial score (nSPS) is 19.6. The Morgan fingerprint density at radius 1 is 1.53 bits per heavy atom. The molecule has 15 heavy (non-hydrogen) atoms. The van der Waals surface area contributed by atoms with Crippen molar-refractivity contribution in [2.24, 2.45) is 0 Å². The zero-order valence-electron chi connectivity index (χ0n) is 8.69. The zero-order chi connectivity index (χ0) is 10.8. The van der Waals surface area contributed by atoms with E-state index in [9.17, 15) is 0 Å². The van der Waals surface area contributed by atoms with E-state index in [0.717, 1.165) is 25.9 Å². The Kier molecular flexibility index (Phi) is 3.43. The van der Waals surface area contributed by atoms with Crippen LogP contribution in [0.15, 0.2) is 6.20 Å². The predicted molar refractivity (Wildman–Crippen MR) is 65.0 cm³/mol. The highest BCUT2D eigenvalue weighted by atomic mass is 35.5. The summed E-state index contributed by atoms with van der Waals surface area (Å²) in [6.07, 6.45) is 6.17. The number of nitrogens with two attached hydrogens (primary N) is 1. The molecule has 1 aliphatic heterocycles. The molecule has 1 saturated heterocycles. The predicted octanol–water partition coefficient (Wildman–Crippen LogP) is 2.03. The van der Waals surface area contributed by atoms with Gasteiger partial charge in [-0.15, -0.1) is 0 Å². The highest BCUT2D eigenvalue weighted by Crippen LogP contribution is 2.27. The molecule has 0 atom stereocenters. The molecule has 6 heteroatoms. The third-order valence-corrected chi connectivity index (χ3v) is 3.94. The van der Waals surface area contributed by atoms with Crippen molar-refractivity contribution in [1.29, 1.82) is 0 Å². The van der Waals surface area contributed by atoms with Crippen LogP contribution in [0.5, 0.6) is 0 Å². The summed E-state index contributed by atoms with van der Waals surface area (Å²) in [5.74, 6) is 0. The fraction of sp³-hybridized carbons (Fsp3) is 0.667. The molecule has 2 N–H and O–H groups in total. The average molecular weight is 247 g/mol. The molecule has 0 saturated carbocycles. The van der Waals surface area contributed by atoms with E-state index in [-0.39, 0.29) is 0 Å². The molecule has 2 heterocycles. The van der Waals surface area contributed by atoms with Gasteiger partial charge in [-0.05, 0) is 19.1 Å². The van der Waals surface area contributed by atoms with Crippen LogP contribution in [0.2, 0.25) is 5.15 Å². The van der Waals surface area contributed by atoms with Gasteiger partial charge >= 0.3 is 0 Å². The molecule has 0 bridgehead atoms. The maximum atomic E-state index is 5.83. The fourth-order valence-electron chi connectivity index (χ4n) is 1.86. The van der Waals surface area contributed by atoms with Crippen molar-refractivity contribution in [3.05, 3.63) is 11.3 Å². The summed E-state index contributed by atoms with van der Waals surface area (Å²) in [6, 6.07) is 0.447. The van der Waals surface area contributed by atoms with E-state index < -0.39 is 0 Å². The summed E-state index contributed by atoms with van der Waals surface area (Å²) in [5, 5.41) is 4.64. The Bertz CT molecular complexity index is 313. The molecule has 0 amide bonds. The minimum atomic E-state index is 0.419. The average Bonchev–Trinajstić information content (AvgIpc) is 2.59. The minimum Gasteiger partial charge on any atom is -0.395 e. The number of anilines is 1. The molecule has 2 rings (SSSR count). The first-order chi connectivity index (χ1) is 7.20. The standard InChI is InChI=1S/C9H15ClN4S/c1-15-13-4-2-7(3-5-13)14-6-8(11)9(10)12-14/h6-7H,2-5,11H2,1H3. The lowest BCUT2D eigenvalue weighted by Crippen LogP contribution is -2.29. The summed E-state index contributed by atoms with van der Waals surface area (Å²) in [7, 11) is 0. The number of hydrogen-bond acceptors (Lipinski definition) is 4. The van der Waals surface area contributed by atoms with Gasteiger partial charge in [-0.2, -0.15) is 5.10 Å². The molecular weight excluding hydrogens is 232 g/mol. The summed E-state index contributed by atoms with van der Waals surface area (Å²) in [4.78, 5) is 0. The van der Waals surface area contributed by atoms with Gasteiger partial charge < -0.3 is 5.73 Å². The highest BCUT2D eigenvalue weighted by molar-refractivity contribution is 7.96. The molecule has 84 valence electrons. The van der Waals surface area contributed by atoms with Crippen molar-refractivity contribution in [2.75, 3.05) is 25.1 Å². The molecular formula is C9H15ClN4S. The molecule has 1 aliphatic rings. The maximum Gasteiger partial charge on any atom is 0.173 e. The van der Waals surface area contributed by atoms with Gasteiger partial charge in [0.25, 0.3) is 0 Å². The van der Waals surface area contributed by atoms with Gasteiger partial charge in [-0.3, -0.25) is 8.99 Å². The number of aromatic nitrogens is 2. The lowest BCUT2D eigenvalue weighted by Gasteiger charge is -2.30. The van der Waals surface area contributed by atoms with Gasteiger partial charge in [0.2, 0.25) is 0 Å². The summed E-state index contributed by atoms with van der Waals surface area (Å²) < 4.78 is 4.28. The van der Waals surface area contributed by atoms with E-state index in [4.69, 9.17) is 17.3 Å². The second-order valence-corrected chi connectivity index (χ2v) is 4.94. The van der Waals surface area contributed by atoms with E-state index in [1.807, 2.05) is 10.9 Å². The first-order valence-electron chi connectivity index (χ1n) is 5.00. The first-order valence-corrected chi connectivity index (χ1v) is 6.56. The number of halogens is 1. The second-order valence-electron chi connectivity index (χ2n) is 3.70. The SMILES string of the molecule is CSN1CCC(n2cc(N)c(Cl)n2)CC1. The van der Waals surface area contributed by atoms with Crippen molar-refractivity contribution >= 4 is 29.2 Å². The highest BCUT2D eigenvalue weighted by Gasteiger charge is 2.21. The second kappa shape index (κ2) is 4.63. The summed E-state index contributed by atoms with van der Waals surface area (Å²) >= 11 is 7.64. The van der Waals surface area contributed by atoms with Crippen LogP contribution in [0.3, 0.4) is 0 Å². The van der Waals surface area contributed by atoms with E-state index >= 15 is 0 Å². The van der Waals surface area contributed by atoms with Crippen molar-refractivity contribution in [2.45, 2.75) is 18.9 Å². The van der Waals surface area contributed by atoms with Crippen molar-refractivity contribution in [3.8, 4) is 0 Å². The summed E-state index contributed by atoms with van der Waals surface area (Å²) in [6.45, 7) is 2.20. The monoisotopic (exact) mass is 246 g/mol. The molecule has 1 aromatic rings. The van der Waals surface area contributed by atoms with Crippen LogP contribution in [0, 0.1) is 0 Å². The molecule has 0 unspecified atom stereocenters. The Balaban J connectivity index is 2.01. The van der Waals surface area contributed by atoms with E-state index in [1.54, 1.807) is 11.9 Å². The van der Waals surface area contributed by atoms with Gasteiger partial charge in [-0.25, -0.2) is 0 Å².